The maximum atomic E-state index is 12.5. The highest BCUT2D eigenvalue weighted by atomic mass is 35.5. The first-order valence-corrected chi connectivity index (χ1v) is 8.48. The number of hydrogen-bond donors (Lipinski definition) is 0. The largest absolute Gasteiger partial charge is 0.368 e. The molecule has 0 unspecified atom stereocenters. The number of fused-ring (bicyclic) bond motifs is 12. The highest BCUT2D eigenvalue weighted by molar-refractivity contribution is 6.65. The zero-order chi connectivity index (χ0) is 14.4. The topological polar surface area (TPSA) is 29.6 Å². The maximum absolute atomic E-state index is 12.5. The molecule has 1 saturated heterocycles. The van der Waals surface area contributed by atoms with E-state index in [1.54, 1.807) is 0 Å². The zero-order valence-electron chi connectivity index (χ0n) is 9.55. The summed E-state index contributed by atoms with van der Waals surface area (Å²) in [5.74, 6) is -1.18. The molecule has 5 aliphatic rings. The monoisotopic (exact) mass is 392 g/mol. The molecule has 0 spiro atoms. The molecule has 1 aliphatic heterocycles. The molecule has 108 valence electrons. The standard InChI is InChI=1S/C12H6Cl6O2/c13-8-9(14)11(16)4-2-5(19)1(6-7(2)20-6)3(4)10(8,15)12(11,17)18/h1-4,6-7H/t1-,2+,3-,4+,6+,7-,10-,11+. The summed E-state index contributed by atoms with van der Waals surface area (Å²) in [4.78, 5) is 9.81. The van der Waals surface area contributed by atoms with Gasteiger partial charge in [-0.3, -0.25) is 4.79 Å². The van der Waals surface area contributed by atoms with E-state index in [-0.39, 0.29) is 51.7 Å². The van der Waals surface area contributed by atoms with Crippen LogP contribution in [0.25, 0.3) is 0 Å². The second kappa shape index (κ2) is 3.31. The number of carbonyl (C=O) groups excluding carboxylic acids is 1. The van der Waals surface area contributed by atoms with Crippen molar-refractivity contribution in [3.8, 4) is 0 Å². The van der Waals surface area contributed by atoms with Gasteiger partial charge in [-0.15, -0.1) is 23.2 Å². The minimum atomic E-state index is -1.54. The van der Waals surface area contributed by atoms with E-state index in [1.165, 1.54) is 0 Å². The predicted molar refractivity (Wildman–Crippen MR) is 78.0 cm³/mol. The van der Waals surface area contributed by atoms with Crippen molar-refractivity contribution in [3.05, 3.63) is 10.1 Å². The molecule has 4 fully saturated rings. The minimum Gasteiger partial charge on any atom is -0.368 e. The second-order valence-corrected chi connectivity index (χ2v) is 9.47. The fraction of sp³-hybridized carbons (Fsp3) is 0.750. The van der Waals surface area contributed by atoms with Gasteiger partial charge in [-0.25, -0.2) is 0 Å². The van der Waals surface area contributed by atoms with E-state index in [0.717, 1.165) is 0 Å². The molecule has 3 saturated carbocycles. The smallest absolute Gasteiger partial charge is 0.166 e. The molecule has 0 amide bonds. The number of alkyl halides is 4. The van der Waals surface area contributed by atoms with Gasteiger partial charge in [0.2, 0.25) is 0 Å². The van der Waals surface area contributed by atoms with Gasteiger partial charge in [-0.05, 0) is 0 Å². The van der Waals surface area contributed by atoms with Gasteiger partial charge in [0.1, 0.15) is 15.5 Å². The van der Waals surface area contributed by atoms with Crippen molar-refractivity contribution in [2.24, 2.45) is 23.7 Å². The van der Waals surface area contributed by atoms with Crippen molar-refractivity contribution in [1.29, 1.82) is 0 Å². The van der Waals surface area contributed by atoms with Crippen LogP contribution in [0.3, 0.4) is 0 Å². The average Bonchev–Trinajstić information content (AvgIpc) is 3.01. The number of ether oxygens (including phenoxy) is 1. The van der Waals surface area contributed by atoms with Crippen LogP contribution in [0, 0.1) is 23.7 Å². The van der Waals surface area contributed by atoms with E-state index in [4.69, 9.17) is 74.3 Å². The summed E-state index contributed by atoms with van der Waals surface area (Å²) in [6.45, 7) is 0. The Bertz CT molecular complexity index is 583. The predicted octanol–water partition coefficient (Wildman–Crippen LogP) is 3.66. The highest BCUT2D eigenvalue weighted by Gasteiger charge is 2.91. The number of hydrogen-bond acceptors (Lipinski definition) is 2. The molecular formula is C12H6Cl6O2. The lowest BCUT2D eigenvalue weighted by atomic mass is 9.73. The molecule has 5 rings (SSSR count). The molecule has 0 aromatic rings. The third-order valence-electron chi connectivity index (χ3n) is 5.75. The quantitative estimate of drug-likeness (QED) is 0.356. The Morgan fingerprint density at radius 1 is 0.850 bits per heavy atom. The molecule has 4 aliphatic carbocycles. The van der Waals surface area contributed by atoms with Crippen molar-refractivity contribution in [3.63, 3.8) is 0 Å². The molecule has 0 aromatic carbocycles. The Hall–Kier alpha value is 1.11. The van der Waals surface area contributed by atoms with Crippen LogP contribution < -0.4 is 0 Å². The minimum absolute atomic E-state index is 0.0867. The number of epoxide rings is 1. The Morgan fingerprint density at radius 2 is 1.25 bits per heavy atom. The lowest BCUT2D eigenvalue weighted by molar-refractivity contribution is -0.125. The van der Waals surface area contributed by atoms with Crippen LogP contribution in [0.15, 0.2) is 10.1 Å². The molecule has 2 nitrogen and oxygen atoms in total. The lowest BCUT2D eigenvalue weighted by Crippen LogP contribution is -2.47. The van der Waals surface area contributed by atoms with E-state index in [0.29, 0.717) is 0 Å². The third-order valence-corrected chi connectivity index (χ3v) is 10.0. The summed E-state index contributed by atoms with van der Waals surface area (Å²) in [6.07, 6.45) is -0.173. The van der Waals surface area contributed by atoms with Gasteiger partial charge in [-0.2, -0.15) is 0 Å². The van der Waals surface area contributed by atoms with Crippen molar-refractivity contribution in [2.45, 2.75) is 26.3 Å². The van der Waals surface area contributed by atoms with Crippen LogP contribution in [0.1, 0.15) is 0 Å². The Balaban J connectivity index is 1.82. The van der Waals surface area contributed by atoms with E-state index < -0.39 is 14.1 Å². The van der Waals surface area contributed by atoms with Crippen molar-refractivity contribution >= 4 is 75.4 Å². The van der Waals surface area contributed by atoms with Gasteiger partial charge >= 0.3 is 0 Å². The number of halogens is 6. The molecule has 1 heterocycles. The molecule has 0 aromatic heterocycles. The first-order valence-electron chi connectivity index (χ1n) is 6.21. The molecular weight excluding hydrogens is 389 g/mol. The Kier molecular flexibility index (Phi) is 2.24. The zero-order valence-corrected chi connectivity index (χ0v) is 14.1. The van der Waals surface area contributed by atoms with Crippen LogP contribution in [-0.2, 0) is 9.53 Å². The first-order chi connectivity index (χ1) is 9.20. The van der Waals surface area contributed by atoms with Crippen molar-refractivity contribution in [1.82, 2.24) is 0 Å². The molecule has 0 radical (unpaired) electrons. The molecule has 0 N–H and O–H groups in total. The van der Waals surface area contributed by atoms with Crippen LogP contribution in [0.2, 0.25) is 0 Å². The van der Waals surface area contributed by atoms with E-state index in [1.807, 2.05) is 0 Å². The summed E-state index contributed by atoms with van der Waals surface area (Å²) in [5.41, 5.74) is 0. The van der Waals surface area contributed by atoms with E-state index in [2.05, 4.69) is 0 Å². The molecule has 8 atom stereocenters. The van der Waals surface area contributed by atoms with E-state index >= 15 is 0 Å². The fourth-order valence-corrected chi connectivity index (χ4v) is 8.11. The van der Waals surface area contributed by atoms with Gasteiger partial charge < -0.3 is 4.74 Å². The Labute approximate surface area is 144 Å². The van der Waals surface area contributed by atoms with Crippen LogP contribution in [0.5, 0.6) is 0 Å². The Morgan fingerprint density at radius 3 is 1.65 bits per heavy atom. The summed E-state index contributed by atoms with van der Waals surface area (Å²) in [7, 11) is 0. The van der Waals surface area contributed by atoms with Gasteiger partial charge in [0.05, 0.1) is 34.1 Å². The summed E-state index contributed by atoms with van der Waals surface area (Å²) in [5, 5.41) is 0.333. The van der Waals surface area contributed by atoms with Crippen molar-refractivity contribution in [2.75, 3.05) is 0 Å². The molecule has 20 heavy (non-hydrogen) atoms. The van der Waals surface area contributed by atoms with Crippen LogP contribution >= 0.6 is 69.6 Å². The summed E-state index contributed by atoms with van der Waals surface area (Å²) >= 11 is 39.1. The first kappa shape index (κ1) is 13.5. The lowest BCUT2D eigenvalue weighted by Gasteiger charge is -2.36. The number of allylic oxidation sites excluding steroid dienone is 2. The summed E-state index contributed by atoms with van der Waals surface area (Å²) in [6, 6.07) is 0. The van der Waals surface area contributed by atoms with Crippen LogP contribution in [0.4, 0.5) is 0 Å². The van der Waals surface area contributed by atoms with Gasteiger partial charge in [-0.1, -0.05) is 46.4 Å². The number of Topliss-reactive ketones (excluding diaryl/α,β-unsaturated/α-hetero) is 1. The second-order valence-electron chi connectivity index (χ2n) is 6.20. The number of rotatable bonds is 0. The summed E-state index contributed by atoms with van der Waals surface area (Å²) < 4.78 is 4.03. The average molecular weight is 395 g/mol. The normalized spacial score (nSPS) is 64.0. The number of ketones is 1. The van der Waals surface area contributed by atoms with Gasteiger partial charge in [0.25, 0.3) is 0 Å². The van der Waals surface area contributed by atoms with E-state index in [9.17, 15) is 4.79 Å². The SMILES string of the molecule is O=C1[C@@H]2[C@@H]3O[C@@H]3[C@H]1[C@H]1[C@@H]2[C@@]2(Cl)C(Cl)=C(Cl)[C@]1(Cl)C2(Cl)Cl. The highest BCUT2D eigenvalue weighted by Crippen LogP contribution is 2.83. The van der Waals surface area contributed by atoms with Crippen LogP contribution in [-0.4, -0.2) is 32.1 Å². The number of carbonyl (C=O) groups is 1. The van der Waals surface area contributed by atoms with Gasteiger partial charge in [0.15, 0.2) is 4.33 Å². The third kappa shape index (κ3) is 0.953. The maximum Gasteiger partial charge on any atom is 0.166 e. The van der Waals surface area contributed by atoms with Crippen molar-refractivity contribution < 1.29 is 9.53 Å². The van der Waals surface area contributed by atoms with Gasteiger partial charge in [0, 0.05) is 11.8 Å². The fourth-order valence-electron chi connectivity index (χ4n) is 5.03. The molecule has 8 heteroatoms. The molecule has 4 bridgehead atoms.